The first-order chi connectivity index (χ1) is 14.0. The molecule has 0 saturated carbocycles. The summed E-state index contributed by atoms with van der Waals surface area (Å²) in [5.74, 6) is -0.346. The minimum absolute atomic E-state index is 0.0411. The Morgan fingerprint density at radius 2 is 1.66 bits per heavy atom. The Bertz CT molecular complexity index is 828. The van der Waals surface area contributed by atoms with Crippen molar-refractivity contribution in [3.63, 3.8) is 0 Å². The third-order valence-corrected chi connectivity index (χ3v) is 5.78. The van der Waals surface area contributed by atoms with E-state index in [4.69, 9.17) is 11.6 Å². The number of benzene rings is 2. The molecule has 1 amide bonds. The molecule has 0 bridgehead atoms. The lowest BCUT2D eigenvalue weighted by Gasteiger charge is -2.34. The smallest absolute Gasteiger partial charge is 0.238 e. The summed E-state index contributed by atoms with van der Waals surface area (Å²) in [4.78, 5) is 17.1. The molecule has 2 aromatic carbocycles. The zero-order chi connectivity index (χ0) is 20.8. The molecule has 0 unspecified atom stereocenters. The van der Waals surface area contributed by atoms with Gasteiger partial charge in [0.2, 0.25) is 5.91 Å². The normalized spacial score (nSPS) is 15.4. The van der Waals surface area contributed by atoms with Crippen LogP contribution in [-0.4, -0.2) is 48.4 Å². The van der Waals surface area contributed by atoms with Gasteiger partial charge in [-0.1, -0.05) is 49.7 Å². The number of piperazine rings is 1. The van der Waals surface area contributed by atoms with Crippen LogP contribution in [0.15, 0.2) is 36.4 Å². The van der Waals surface area contributed by atoms with Crippen LogP contribution in [0, 0.1) is 5.82 Å². The molecule has 0 aromatic heterocycles. The van der Waals surface area contributed by atoms with E-state index in [1.54, 1.807) is 12.1 Å². The van der Waals surface area contributed by atoms with Gasteiger partial charge < -0.3 is 5.32 Å². The summed E-state index contributed by atoms with van der Waals surface area (Å²) in [6, 6.07) is 11.1. The van der Waals surface area contributed by atoms with Crippen LogP contribution >= 0.6 is 11.6 Å². The number of para-hydroxylation sites is 1. The predicted molar refractivity (Wildman–Crippen MR) is 117 cm³/mol. The van der Waals surface area contributed by atoms with Crippen molar-refractivity contribution in [1.82, 2.24) is 9.80 Å². The molecule has 1 fully saturated rings. The Kier molecular flexibility index (Phi) is 7.64. The zero-order valence-corrected chi connectivity index (χ0v) is 17.9. The largest absolute Gasteiger partial charge is 0.324 e. The molecule has 1 aliphatic heterocycles. The van der Waals surface area contributed by atoms with E-state index in [1.807, 2.05) is 0 Å². The maximum absolute atomic E-state index is 13.3. The molecule has 156 valence electrons. The van der Waals surface area contributed by atoms with Gasteiger partial charge in [0.15, 0.2) is 0 Å². The van der Waals surface area contributed by atoms with Crippen molar-refractivity contribution in [3.8, 4) is 0 Å². The fraction of sp³-hybridized carbons (Fsp3) is 0.435. The number of rotatable bonds is 7. The van der Waals surface area contributed by atoms with Crippen LogP contribution in [0.5, 0.6) is 0 Å². The van der Waals surface area contributed by atoms with Crippen LogP contribution in [0.3, 0.4) is 0 Å². The second-order valence-corrected chi connectivity index (χ2v) is 7.91. The number of aryl methyl sites for hydroxylation is 2. The van der Waals surface area contributed by atoms with Gasteiger partial charge in [0.1, 0.15) is 5.82 Å². The van der Waals surface area contributed by atoms with Gasteiger partial charge in [-0.05, 0) is 41.7 Å². The Labute approximate surface area is 177 Å². The van der Waals surface area contributed by atoms with Gasteiger partial charge in [-0.25, -0.2) is 4.39 Å². The van der Waals surface area contributed by atoms with E-state index in [0.717, 1.165) is 56.8 Å². The number of nitrogens with one attached hydrogen (secondary N) is 1. The average Bonchev–Trinajstić information content (AvgIpc) is 2.72. The second kappa shape index (κ2) is 10.2. The molecular weight excluding hydrogens is 389 g/mol. The van der Waals surface area contributed by atoms with E-state index < -0.39 is 0 Å². The highest BCUT2D eigenvalue weighted by Crippen LogP contribution is 2.23. The van der Waals surface area contributed by atoms with E-state index in [9.17, 15) is 9.18 Å². The first-order valence-corrected chi connectivity index (χ1v) is 10.7. The maximum atomic E-state index is 13.3. The van der Waals surface area contributed by atoms with Gasteiger partial charge in [-0.15, -0.1) is 0 Å². The Balaban J connectivity index is 1.50. The van der Waals surface area contributed by atoms with E-state index in [0.29, 0.717) is 6.54 Å². The highest BCUT2D eigenvalue weighted by atomic mass is 35.5. The summed E-state index contributed by atoms with van der Waals surface area (Å²) >= 11 is 5.88. The van der Waals surface area contributed by atoms with Crippen molar-refractivity contribution in [3.05, 3.63) is 63.9 Å². The molecule has 29 heavy (non-hydrogen) atoms. The number of carbonyl (C=O) groups excluding carboxylic acids is 1. The molecule has 4 nitrogen and oxygen atoms in total. The molecule has 2 aromatic rings. The van der Waals surface area contributed by atoms with Crippen LogP contribution < -0.4 is 5.32 Å². The first kappa shape index (κ1) is 21.8. The summed E-state index contributed by atoms with van der Waals surface area (Å²) in [5, 5.41) is 3.31. The molecule has 3 rings (SSSR count). The monoisotopic (exact) mass is 417 g/mol. The lowest BCUT2D eigenvalue weighted by atomic mass is 10.0. The fourth-order valence-electron chi connectivity index (χ4n) is 3.79. The summed E-state index contributed by atoms with van der Waals surface area (Å²) < 4.78 is 13.3. The number of carbonyl (C=O) groups is 1. The lowest BCUT2D eigenvalue weighted by Crippen LogP contribution is -2.48. The SMILES string of the molecule is CCc1cccc(CC)c1NC(=O)CN1CCN(Cc2ccc(F)c(Cl)c2)CC1. The molecule has 1 aliphatic rings. The van der Waals surface area contributed by atoms with E-state index in [1.165, 1.54) is 17.2 Å². The quantitative estimate of drug-likeness (QED) is 0.727. The zero-order valence-electron chi connectivity index (χ0n) is 17.2. The number of hydrogen-bond acceptors (Lipinski definition) is 3. The molecular formula is C23H29ClFN3O. The van der Waals surface area contributed by atoms with Gasteiger partial charge >= 0.3 is 0 Å². The summed E-state index contributed by atoms with van der Waals surface area (Å²) in [5.41, 5.74) is 4.35. The van der Waals surface area contributed by atoms with Crippen molar-refractivity contribution in [2.75, 3.05) is 38.0 Å². The summed E-state index contributed by atoms with van der Waals surface area (Å²) in [6.45, 7) is 8.76. The van der Waals surface area contributed by atoms with Crippen molar-refractivity contribution < 1.29 is 9.18 Å². The third kappa shape index (κ3) is 5.78. The number of anilines is 1. The highest BCUT2D eigenvalue weighted by Gasteiger charge is 2.20. The van der Waals surface area contributed by atoms with Crippen LogP contribution in [0.4, 0.5) is 10.1 Å². The molecule has 0 spiro atoms. The third-order valence-electron chi connectivity index (χ3n) is 5.49. The van der Waals surface area contributed by atoms with Crippen molar-refractivity contribution in [1.29, 1.82) is 0 Å². The van der Waals surface area contributed by atoms with Crippen molar-refractivity contribution in [2.24, 2.45) is 0 Å². The fourth-order valence-corrected chi connectivity index (χ4v) is 3.99. The predicted octanol–water partition coefficient (Wildman–Crippen LogP) is 4.36. The van der Waals surface area contributed by atoms with Gasteiger partial charge in [-0.2, -0.15) is 0 Å². The van der Waals surface area contributed by atoms with Crippen LogP contribution in [0.2, 0.25) is 5.02 Å². The standard InChI is InChI=1S/C23H29ClFN3O/c1-3-18-6-5-7-19(4-2)23(18)26-22(29)16-28-12-10-27(11-13-28)15-17-8-9-21(25)20(24)14-17/h5-9,14H,3-4,10-13,15-16H2,1-2H3,(H,26,29). The topological polar surface area (TPSA) is 35.6 Å². The minimum Gasteiger partial charge on any atom is -0.324 e. The molecule has 1 saturated heterocycles. The number of nitrogens with zero attached hydrogens (tertiary/aromatic N) is 2. The Morgan fingerprint density at radius 3 is 2.24 bits per heavy atom. The average molecular weight is 418 g/mol. The van der Waals surface area contributed by atoms with Crippen LogP contribution in [-0.2, 0) is 24.2 Å². The van der Waals surface area contributed by atoms with Gasteiger partial charge in [0.05, 0.1) is 11.6 Å². The molecule has 0 aliphatic carbocycles. The second-order valence-electron chi connectivity index (χ2n) is 7.51. The minimum atomic E-state index is -0.387. The number of halogens is 2. The summed E-state index contributed by atoms with van der Waals surface area (Å²) in [6.07, 6.45) is 1.80. The molecule has 1 heterocycles. The van der Waals surface area contributed by atoms with E-state index in [-0.39, 0.29) is 16.7 Å². The maximum Gasteiger partial charge on any atom is 0.238 e. The molecule has 0 atom stereocenters. The molecule has 0 radical (unpaired) electrons. The van der Waals surface area contributed by atoms with Crippen LogP contribution in [0.1, 0.15) is 30.5 Å². The lowest BCUT2D eigenvalue weighted by molar-refractivity contribution is -0.117. The number of amides is 1. The van der Waals surface area contributed by atoms with Gasteiger partial charge in [-0.3, -0.25) is 14.6 Å². The highest BCUT2D eigenvalue weighted by molar-refractivity contribution is 6.30. The number of hydrogen-bond donors (Lipinski definition) is 1. The first-order valence-electron chi connectivity index (χ1n) is 10.3. The molecule has 1 N–H and O–H groups in total. The van der Waals surface area contributed by atoms with E-state index >= 15 is 0 Å². The molecule has 6 heteroatoms. The Morgan fingerprint density at radius 1 is 1.03 bits per heavy atom. The summed E-state index contributed by atoms with van der Waals surface area (Å²) in [7, 11) is 0. The van der Waals surface area contributed by atoms with Gasteiger partial charge in [0, 0.05) is 38.4 Å². The Hall–Kier alpha value is -1.95. The van der Waals surface area contributed by atoms with E-state index in [2.05, 4.69) is 47.2 Å². The van der Waals surface area contributed by atoms with Gasteiger partial charge in [0.25, 0.3) is 0 Å². The van der Waals surface area contributed by atoms with Crippen LogP contribution in [0.25, 0.3) is 0 Å². The van der Waals surface area contributed by atoms with Crippen molar-refractivity contribution in [2.45, 2.75) is 33.2 Å². The van der Waals surface area contributed by atoms with Crippen molar-refractivity contribution >= 4 is 23.2 Å².